The van der Waals surface area contributed by atoms with Crippen LogP contribution in [0.25, 0.3) is 0 Å². The zero-order valence-electron chi connectivity index (χ0n) is 16.7. The normalized spacial score (nSPS) is 12.2. The minimum absolute atomic E-state index is 0.0631. The van der Waals surface area contributed by atoms with E-state index in [0.717, 1.165) is 19.3 Å². The lowest BCUT2D eigenvalue weighted by Gasteiger charge is -2.32. The topological polar surface area (TPSA) is 94.9 Å². The summed E-state index contributed by atoms with van der Waals surface area (Å²) in [6.07, 6.45) is 10.4. The van der Waals surface area contributed by atoms with Gasteiger partial charge in [-0.25, -0.2) is 4.79 Å². The molecule has 0 fully saturated rings. The molecule has 26 heavy (non-hydrogen) atoms. The summed E-state index contributed by atoms with van der Waals surface area (Å²) >= 11 is 0. The number of carbonyl (C=O) groups is 3. The van der Waals surface area contributed by atoms with Crippen molar-refractivity contribution in [1.82, 2.24) is 4.90 Å². The average Bonchev–Trinajstić information content (AvgIpc) is 2.55. The molecule has 0 aliphatic carbocycles. The van der Waals surface area contributed by atoms with Gasteiger partial charge in [0.15, 0.2) is 0 Å². The van der Waals surface area contributed by atoms with Gasteiger partial charge in [0.1, 0.15) is 6.04 Å². The van der Waals surface area contributed by atoms with Crippen LogP contribution in [0.15, 0.2) is 0 Å². The maximum absolute atomic E-state index is 12.5. The highest BCUT2D eigenvalue weighted by atomic mass is 16.4. The number of aliphatic carboxylic acids is 2. The smallest absolute Gasteiger partial charge is 0.326 e. The summed E-state index contributed by atoms with van der Waals surface area (Å²) in [5, 5.41) is 18.2. The third kappa shape index (κ3) is 11.1. The molecule has 1 amide bonds. The lowest BCUT2D eigenvalue weighted by Crippen LogP contribution is -2.49. The lowest BCUT2D eigenvalue weighted by atomic mass is 10.0. The van der Waals surface area contributed by atoms with Crippen molar-refractivity contribution in [2.24, 2.45) is 0 Å². The van der Waals surface area contributed by atoms with Crippen molar-refractivity contribution in [2.75, 3.05) is 0 Å². The predicted molar refractivity (Wildman–Crippen MR) is 102 cm³/mol. The fourth-order valence-electron chi connectivity index (χ4n) is 3.18. The molecule has 0 spiro atoms. The molecule has 0 aromatic heterocycles. The molecule has 0 rings (SSSR count). The summed E-state index contributed by atoms with van der Waals surface area (Å²) < 4.78 is 0. The van der Waals surface area contributed by atoms with E-state index in [1.165, 1.54) is 43.4 Å². The minimum Gasteiger partial charge on any atom is -0.481 e. The van der Waals surface area contributed by atoms with Crippen molar-refractivity contribution in [3.63, 3.8) is 0 Å². The maximum atomic E-state index is 12.5. The molecule has 0 saturated heterocycles. The van der Waals surface area contributed by atoms with E-state index in [1.807, 2.05) is 0 Å². The number of rotatable bonds is 16. The molecule has 0 heterocycles. The molecule has 0 bridgehead atoms. The van der Waals surface area contributed by atoms with E-state index >= 15 is 0 Å². The van der Waals surface area contributed by atoms with E-state index in [-0.39, 0.29) is 24.8 Å². The van der Waals surface area contributed by atoms with Crippen molar-refractivity contribution in [3.8, 4) is 0 Å². The second kappa shape index (κ2) is 14.6. The van der Waals surface area contributed by atoms with E-state index in [4.69, 9.17) is 5.11 Å². The van der Waals surface area contributed by atoms with Gasteiger partial charge in [0.2, 0.25) is 5.91 Å². The molecular formula is C20H37NO5. The summed E-state index contributed by atoms with van der Waals surface area (Å²) in [4.78, 5) is 36.1. The molecule has 6 heteroatoms. The van der Waals surface area contributed by atoms with Crippen LogP contribution < -0.4 is 0 Å². The Morgan fingerprint density at radius 1 is 0.808 bits per heavy atom. The van der Waals surface area contributed by atoms with Crippen molar-refractivity contribution in [1.29, 1.82) is 0 Å². The number of hydrogen-bond donors (Lipinski definition) is 2. The van der Waals surface area contributed by atoms with Gasteiger partial charge in [0.05, 0.1) is 0 Å². The van der Waals surface area contributed by atoms with Crippen LogP contribution >= 0.6 is 0 Å². The molecule has 6 nitrogen and oxygen atoms in total. The van der Waals surface area contributed by atoms with Crippen LogP contribution in [-0.4, -0.2) is 45.0 Å². The van der Waals surface area contributed by atoms with E-state index in [1.54, 1.807) is 13.8 Å². The number of carboxylic acid groups (broad SMARTS) is 2. The minimum atomic E-state index is -1.14. The number of carboxylic acids is 2. The quantitative estimate of drug-likeness (QED) is 0.391. The lowest BCUT2D eigenvalue weighted by molar-refractivity contribution is -0.153. The largest absolute Gasteiger partial charge is 0.481 e. The van der Waals surface area contributed by atoms with E-state index < -0.39 is 18.0 Å². The van der Waals surface area contributed by atoms with Crippen molar-refractivity contribution in [3.05, 3.63) is 0 Å². The molecule has 2 N–H and O–H groups in total. The van der Waals surface area contributed by atoms with Gasteiger partial charge in [-0.1, -0.05) is 58.3 Å². The fraction of sp³-hybridized carbons (Fsp3) is 0.850. The average molecular weight is 372 g/mol. The highest BCUT2D eigenvalue weighted by Crippen LogP contribution is 2.16. The Hall–Kier alpha value is -1.59. The maximum Gasteiger partial charge on any atom is 0.326 e. The summed E-state index contributed by atoms with van der Waals surface area (Å²) in [6, 6.07) is -1.34. The van der Waals surface area contributed by atoms with Gasteiger partial charge in [0, 0.05) is 18.9 Å². The predicted octanol–water partition coefficient (Wildman–Crippen LogP) is 4.46. The van der Waals surface area contributed by atoms with Crippen LogP contribution in [0.2, 0.25) is 0 Å². The van der Waals surface area contributed by atoms with Gasteiger partial charge < -0.3 is 15.1 Å². The first kappa shape index (κ1) is 24.4. The van der Waals surface area contributed by atoms with E-state index in [0.29, 0.717) is 6.42 Å². The van der Waals surface area contributed by atoms with E-state index in [2.05, 4.69) is 6.92 Å². The fourth-order valence-corrected chi connectivity index (χ4v) is 3.18. The Labute approximate surface area is 158 Å². The SMILES string of the molecule is CCCCCCCCCCCC(=O)N(C(C)C)[C@@H](CCC(=O)O)C(=O)O. The summed E-state index contributed by atoms with van der Waals surface area (Å²) in [7, 11) is 0. The van der Waals surface area contributed by atoms with Gasteiger partial charge in [-0.2, -0.15) is 0 Å². The van der Waals surface area contributed by atoms with Gasteiger partial charge >= 0.3 is 11.9 Å². The number of amides is 1. The third-order valence-electron chi connectivity index (χ3n) is 4.59. The molecule has 0 aliphatic heterocycles. The Kier molecular flexibility index (Phi) is 13.7. The molecular weight excluding hydrogens is 334 g/mol. The monoisotopic (exact) mass is 371 g/mol. The van der Waals surface area contributed by atoms with Crippen molar-refractivity contribution >= 4 is 17.8 Å². The molecule has 0 radical (unpaired) electrons. The Bertz CT molecular complexity index is 422. The Morgan fingerprint density at radius 3 is 1.73 bits per heavy atom. The highest BCUT2D eigenvalue weighted by molar-refractivity contribution is 5.84. The van der Waals surface area contributed by atoms with Crippen LogP contribution in [0.3, 0.4) is 0 Å². The Morgan fingerprint density at radius 2 is 1.31 bits per heavy atom. The van der Waals surface area contributed by atoms with Gasteiger partial charge in [0.25, 0.3) is 0 Å². The molecule has 0 unspecified atom stereocenters. The molecule has 1 atom stereocenters. The first-order chi connectivity index (χ1) is 12.3. The second-order valence-corrected chi connectivity index (χ2v) is 7.26. The highest BCUT2D eigenvalue weighted by Gasteiger charge is 2.31. The first-order valence-electron chi connectivity index (χ1n) is 10.1. The number of unbranched alkanes of at least 4 members (excludes halogenated alkanes) is 8. The second-order valence-electron chi connectivity index (χ2n) is 7.26. The van der Waals surface area contributed by atoms with Crippen molar-refractivity contribution < 1.29 is 24.6 Å². The number of carbonyl (C=O) groups excluding carboxylic acids is 1. The zero-order valence-corrected chi connectivity index (χ0v) is 16.7. The third-order valence-corrected chi connectivity index (χ3v) is 4.59. The van der Waals surface area contributed by atoms with Gasteiger partial charge in [-0.3, -0.25) is 9.59 Å². The van der Waals surface area contributed by atoms with Crippen LogP contribution in [0.1, 0.15) is 97.8 Å². The van der Waals surface area contributed by atoms with Crippen LogP contribution in [0.5, 0.6) is 0 Å². The summed E-state index contributed by atoms with van der Waals surface area (Å²) in [6.45, 7) is 5.74. The summed E-state index contributed by atoms with van der Waals surface area (Å²) in [5.41, 5.74) is 0. The van der Waals surface area contributed by atoms with Crippen LogP contribution in [0.4, 0.5) is 0 Å². The molecule has 0 aliphatic rings. The molecule has 0 aromatic rings. The standard InChI is InChI=1S/C20H37NO5/c1-4-5-6-7-8-9-10-11-12-13-18(22)21(16(2)3)17(20(25)26)14-15-19(23)24/h16-17H,4-15H2,1-3H3,(H,23,24)(H,25,26)/t17-/m0/s1. The molecule has 152 valence electrons. The molecule has 0 saturated carbocycles. The zero-order chi connectivity index (χ0) is 19.9. The van der Waals surface area contributed by atoms with Crippen molar-refractivity contribution in [2.45, 2.75) is 110 Å². The number of nitrogens with zero attached hydrogens (tertiary/aromatic N) is 1. The van der Waals surface area contributed by atoms with Crippen LogP contribution in [-0.2, 0) is 14.4 Å². The van der Waals surface area contributed by atoms with Gasteiger partial charge in [-0.15, -0.1) is 0 Å². The van der Waals surface area contributed by atoms with Crippen LogP contribution in [0, 0.1) is 0 Å². The van der Waals surface area contributed by atoms with Gasteiger partial charge in [-0.05, 0) is 26.7 Å². The number of hydrogen-bond acceptors (Lipinski definition) is 3. The summed E-state index contributed by atoms with van der Waals surface area (Å²) in [5.74, 6) is -2.38. The van der Waals surface area contributed by atoms with E-state index in [9.17, 15) is 19.5 Å². The Balaban J connectivity index is 4.29. The molecule has 0 aromatic carbocycles. The first-order valence-corrected chi connectivity index (χ1v) is 10.1.